The molecular weight excluding hydrogens is 228 g/mol. The maximum atomic E-state index is 12.1. The molecule has 1 saturated heterocycles. The van der Waals surface area contributed by atoms with E-state index >= 15 is 0 Å². The molecule has 0 unspecified atom stereocenters. The van der Waals surface area contributed by atoms with E-state index in [-0.39, 0.29) is 5.91 Å². The van der Waals surface area contributed by atoms with Gasteiger partial charge in [0, 0.05) is 25.3 Å². The van der Waals surface area contributed by atoms with Gasteiger partial charge in [0.25, 0.3) is 0 Å². The van der Waals surface area contributed by atoms with Gasteiger partial charge in [0.2, 0.25) is 0 Å². The molecule has 1 aromatic rings. The van der Waals surface area contributed by atoms with Crippen molar-refractivity contribution in [1.29, 1.82) is 0 Å². The maximum Gasteiger partial charge on any atom is 0.316 e. The molecule has 1 heterocycles. The number of carbonyl (C=O) groups is 2. The van der Waals surface area contributed by atoms with Crippen molar-refractivity contribution in [3.63, 3.8) is 0 Å². The molecule has 1 aliphatic heterocycles. The number of hydrogen-bond donors (Lipinski definition) is 0. The first-order chi connectivity index (χ1) is 8.59. The van der Waals surface area contributed by atoms with E-state index in [1.807, 2.05) is 44.2 Å². The molecule has 18 heavy (non-hydrogen) atoms. The second-order valence-corrected chi connectivity index (χ2v) is 4.94. The summed E-state index contributed by atoms with van der Waals surface area (Å²) in [6.07, 6.45) is 0. The second-order valence-electron chi connectivity index (χ2n) is 4.94. The monoisotopic (exact) mass is 246 g/mol. The lowest BCUT2D eigenvalue weighted by molar-refractivity contribution is -0.146. The molecule has 1 aliphatic rings. The van der Waals surface area contributed by atoms with Gasteiger partial charge in [-0.3, -0.25) is 9.59 Å². The Labute approximate surface area is 107 Å². The Balaban J connectivity index is 2.12. The van der Waals surface area contributed by atoms with Crippen molar-refractivity contribution in [2.75, 3.05) is 24.5 Å². The number of rotatable bonds is 3. The molecule has 2 amide bonds. The van der Waals surface area contributed by atoms with Gasteiger partial charge in [-0.1, -0.05) is 32.0 Å². The number of benzene rings is 1. The van der Waals surface area contributed by atoms with Crippen molar-refractivity contribution in [2.45, 2.75) is 13.8 Å². The van der Waals surface area contributed by atoms with Crippen molar-refractivity contribution in [1.82, 2.24) is 4.90 Å². The summed E-state index contributed by atoms with van der Waals surface area (Å²) in [4.78, 5) is 27.2. The highest BCUT2D eigenvalue weighted by molar-refractivity contribution is 6.40. The van der Waals surface area contributed by atoms with Gasteiger partial charge in [-0.25, -0.2) is 0 Å². The van der Waals surface area contributed by atoms with Gasteiger partial charge in [-0.2, -0.15) is 0 Å². The van der Waals surface area contributed by atoms with Crippen molar-refractivity contribution in [3.8, 4) is 0 Å². The van der Waals surface area contributed by atoms with Gasteiger partial charge in [0.05, 0.1) is 0 Å². The molecule has 1 aromatic carbocycles. The second kappa shape index (κ2) is 5.21. The first-order valence-electron chi connectivity index (χ1n) is 6.25. The third-order valence-corrected chi connectivity index (χ3v) is 2.96. The predicted octanol–water partition coefficient (Wildman–Crippen LogP) is 1.52. The lowest BCUT2D eigenvalue weighted by Crippen LogP contribution is -2.55. The zero-order valence-electron chi connectivity index (χ0n) is 10.8. The molecule has 1 fully saturated rings. The highest BCUT2D eigenvalue weighted by Crippen LogP contribution is 2.17. The Morgan fingerprint density at radius 2 is 1.72 bits per heavy atom. The zero-order chi connectivity index (χ0) is 13.1. The fraction of sp³-hybridized carbons (Fsp3) is 0.429. The highest BCUT2D eigenvalue weighted by atomic mass is 16.2. The van der Waals surface area contributed by atoms with Gasteiger partial charge in [-0.05, 0) is 18.1 Å². The molecule has 0 aliphatic carbocycles. The van der Waals surface area contributed by atoms with E-state index in [9.17, 15) is 9.59 Å². The Morgan fingerprint density at radius 3 is 2.33 bits per heavy atom. The third-order valence-electron chi connectivity index (χ3n) is 2.96. The third kappa shape index (κ3) is 2.53. The minimum absolute atomic E-state index is 0.380. The SMILES string of the molecule is CC(C)CN1CCN(c2ccccc2)C(=O)C1=O. The quantitative estimate of drug-likeness (QED) is 0.759. The van der Waals surface area contributed by atoms with E-state index in [0.717, 1.165) is 5.69 Å². The molecule has 0 atom stereocenters. The van der Waals surface area contributed by atoms with Crippen LogP contribution in [-0.2, 0) is 9.59 Å². The molecule has 2 rings (SSSR count). The summed E-state index contributed by atoms with van der Waals surface area (Å²) in [5, 5.41) is 0. The van der Waals surface area contributed by atoms with Crippen LogP contribution in [0.5, 0.6) is 0 Å². The lowest BCUT2D eigenvalue weighted by atomic mass is 10.1. The minimum atomic E-state index is -0.423. The van der Waals surface area contributed by atoms with Crippen LogP contribution in [0.1, 0.15) is 13.8 Å². The average molecular weight is 246 g/mol. The average Bonchev–Trinajstić information content (AvgIpc) is 2.36. The Bertz CT molecular complexity index is 442. The minimum Gasteiger partial charge on any atom is -0.332 e. The first-order valence-corrected chi connectivity index (χ1v) is 6.25. The smallest absolute Gasteiger partial charge is 0.316 e. The summed E-state index contributed by atoms with van der Waals surface area (Å²) in [6.45, 7) is 5.91. The fourth-order valence-electron chi connectivity index (χ4n) is 2.14. The molecule has 0 radical (unpaired) electrons. The Hall–Kier alpha value is -1.84. The van der Waals surface area contributed by atoms with E-state index in [0.29, 0.717) is 25.6 Å². The summed E-state index contributed by atoms with van der Waals surface area (Å²) < 4.78 is 0. The van der Waals surface area contributed by atoms with E-state index in [2.05, 4.69) is 0 Å². The van der Waals surface area contributed by atoms with Crippen LogP contribution in [0.2, 0.25) is 0 Å². The largest absolute Gasteiger partial charge is 0.332 e. The predicted molar refractivity (Wildman–Crippen MR) is 70.2 cm³/mol. The highest BCUT2D eigenvalue weighted by Gasteiger charge is 2.33. The van der Waals surface area contributed by atoms with Crippen LogP contribution in [0, 0.1) is 5.92 Å². The molecule has 4 nitrogen and oxygen atoms in total. The van der Waals surface area contributed by atoms with Gasteiger partial charge in [0.15, 0.2) is 0 Å². The van der Waals surface area contributed by atoms with Crippen LogP contribution in [0.15, 0.2) is 30.3 Å². The number of nitrogens with zero attached hydrogens (tertiary/aromatic N) is 2. The number of para-hydroxylation sites is 1. The number of carbonyl (C=O) groups excluding carboxylic acids is 2. The zero-order valence-corrected chi connectivity index (χ0v) is 10.8. The lowest BCUT2D eigenvalue weighted by Gasteiger charge is -2.34. The Kier molecular flexibility index (Phi) is 3.65. The summed E-state index contributed by atoms with van der Waals surface area (Å²) in [5.74, 6) is -0.433. The van der Waals surface area contributed by atoms with Crippen LogP contribution in [0.4, 0.5) is 5.69 Å². The van der Waals surface area contributed by atoms with Crippen LogP contribution in [0.3, 0.4) is 0 Å². The number of anilines is 1. The van der Waals surface area contributed by atoms with E-state index in [4.69, 9.17) is 0 Å². The first kappa shape index (κ1) is 12.6. The standard InChI is InChI=1S/C14H18N2O2/c1-11(2)10-15-8-9-16(14(18)13(15)17)12-6-4-3-5-7-12/h3-7,11H,8-10H2,1-2H3. The van der Waals surface area contributed by atoms with Crippen molar-refractivity contribution >= 4 is 17.5 Å². The van der Waals surface area contributed by atoms with Gasteiger partial charge in [-0.15, -0.1) is 0 Å². The summed E-state index contributed by atoms with van der Waals surface area (Å²) in [6, 6.07) is 9.33. The van der Waals surface area contributed by atoms with Gasteiger partial charge < -0.3 is 9.80 Å². The van der Waals surface area contributed by atoms with E-state index < -0.39 is 5.91 Å². The van der Waals surface area contributed by atoms with Crippen LogP contribution in [-0.4, -0.2) is 36.3 Å². The summed E-state index contributed by atoms with van der Waals surface area (Å²) in [5.41, 5.74) is 0.792. The van der Waals surface area contributed by atoms with Crippen molar-refractivity contribution in [2.24, 2.45) is 5.92 Å². The topological polar surface area (TPSA) is 40.6 Å². The van der Waals surface area contributed by atoms with E-state index in [1.54, 1.807) is 9.80 Å². The van der Waals surface area contributed by atoms with Crippen LogP contribution < -0.4 is 4.90 Å². The van der Waals surface area contributed by atoms with Crippen LogP contribution >= 0.6 is 0 Å². The molecule has 0 N–H and O–H groups in total. The van der Waals surface area contributed by atoms with Crippen LogP contribution in [0.25, 0.3) is 0 Å². The van der Waals surface area contributed by atoms with Gasteiger partial charge >= 0.3 is 11.8 Å². The molecule has 0 saturated carbocycles. The van der Waals surface area contributed by atoms with E-state index in [1.165, 1.54) is 0 Å². The number of hydrogen-bond acceptors (Lipinski definition) is 2. The van der Waals surface area contributed by atoms with Gasteiger partial charge in [0.1, 0.15) is 0 Å². The number of piperazine rings is 1. The molecule has 4 heteroatoms. The van der Waals surface area contributed by atoms with Crippen molar-refractivity contribution in [3.05, 3.63) is 30.3 Å². The summed E-state index contributed by atoms with van der Waals surface area (Å²) in [7, 11) is 0. The Morgan fingerprint density at radius 1 is 1.06 bits per heavy atom. The molecule has 0 bridgehead atoms. The fourth-order valence-corrected chi connectivity index (χ4v) is 2.14. The molecule has 0 spiro atoms. The normalized spacial score (nSPS) is 16.6. The summed E-state index contributed by atoms with van der Waals surface area (Å²) >= 11 is 0. The molecule has 96 valence electrons. The molecular formula is C14H18N2O2. The maximum absolute atomic E-state index is 12.1. The molecule has 0 aromatic heterocycles. The number of amides is 2. The van der Waals surface area contributed by atoms with Crippen molar-refractivity contribution < 1.29 is 9.59 Å².